The summed E-state index contributed by atoms with van der Waals surface area (Å²) >= 11 is 0. The van der Waals surface area contributed by atoms with Crippen molar-refractivity contribution in [2.75, 3.05) is 35.2 Å². The van der Waals surface area contributed by atoms with Crippen LogP contribution >= 0.6 is 0 Å². The molecule has 0 aliphatic carbocycles. The summed E-state index contributed by atoms with van der Waals surface area (Å²) in [6, 6.07) is 16.0. The summed E-state index contributed by atoms with van der Waals surface area (Å²) in [5.41, 5.74) is 3.07. The lowest BCUT2D eigenvalue weighted by Crippen LogP contribution is -2.29. The highest BCUT2D eigenvalue weighted by Gasteiger charge is 2.11. The van der Waals surface area contributed by atoms with Crippen molar-refractivity contribution < 1.29 is 9.53 Å². The molecular weight excluding hydrogens is 350 g/mol. The number of piperidine rings is 1. The van der Waals surface area contributed by atoms with E-state index in [4.69, 9.17) is 4.74 Å². The van der Waals surface area contributed by atoms with Gasteiger partial charge in [-0.3, -0.25) is 4.79 Å². The van der Waals surface area contributed by atoms with Crippen LogP contribution in [0.1, 0.15) is 39.5 Å². The quantitative estimate of drug-likeness (QED) is 0.682. The number of amides is 1. The minimum absolute atomic E-state index is 0.0120. The smallest absolute Gasteiger partial charge is 0.226 e. The first-order valence-electron chi connectivity index (χ1n) is 10.3. The van der Waals surface area contributed by atoms with Gasteiger partial charge in [-0.2, -0.15) is 0 Å². The number of nitrogens with zero attached hydrogens (tertiary/aromatic N) is 1. The fourth-order valence-electron chi connectivity index (χ4n) is 3.38. The van der Waals surface area contributed by atoms with E-state index in [0.717, 1.165) is 30.2 Å². The van der Waals surface area contributed by atoms with Crippen molar-refractivity contribution in [1.29, 1.82) is 0 Å². The van der Waals surface area contributed by atoms with E-state index in [1.807, 2.05) is 50.2 Å². The molecule has 2 N–H and O–H groups in total. The molecule has 2 aromatic carbocycles. The Kier molecular flexibility index (Phi) is 7.18. The van der Waals surface area contributed by atoms with Gasteiger partial charge in [-0.25, -0.2) is 0 Å². The first-order chi connectivity index (χ1) is 13.6. The second-order valence-electron chi connectivity index (χ2n) is 7.51. The normalized spacial score (nSPS) is 14.0. The Morgan fingerprint density at radius 2 is 1.61 bits per heavy atom. The lowest BCUT2D eigenvalue weighted by molar-refractivity contribution is -0.115. The SMILES string of the molecule is CC(C)Oc1ccc(NCCC(=O)Nc2ccc(N3CCCCC3)cc2)cc1. The molecule has 0 spiro atoms. The van der Waals surface area contributed by atoms with Gasteiger partial charge in [0.2, 0.25) is 5.91 Å². The van der Waals surface area contributed by atoms with Crippen molar-refractivity contribution in [2.45, 2.75) is 45.6 Å². The van der Waals surface area contributed by atoms with Crippen molar-refractivity contribution in [3.63, 3.8) is 0 Å². The van der Waals surface area contributed by atoms with Gasteiger partial charge in [-0.05, 0) is 81.6 Å². The summed E-state index contributed by atoms with van der Waals surface area (Å²) in [6.07, 6.45) is 4.43. The highest BCUT2D eigenvalue weighted by Crippen LogP contribution is 2.22. The minimum Gasteiger partial charge on any atom is -0.491 e. The molecule has 0 saturated carbocycles. The Bertz CT molecular complexity index is 735. The van der Waals surface area contributed by atoms with Crippen LogP contribution in [0.4, 0.5) is 17.1 Å². The topological polar surface area (TPSA) is 53.6 Å². The molecule has 1 saturated heterocycles. The molecule has 2 aromatic rings. The summed E-state index contributed by atoms with van der Waals surface area (Å²) in [5.74, 6) is 0.865. The maximum absolute atomic E-state index is 12.2. The molecule has 28 heavy (non-hydrogen) atoms. The van der Waals surface area contributed by atoms with E-state index >= 15 is 0 Å². The Morgan fingerprint density at radius 1 is 0.964 bits per heavy atom. The van der Waals surface area contributed by atoms with E-state index in [1.165, 1.54) is 24.9 Å². The number of anilines is 3. The van der Waals surface area contributed by atoms with E-state index in [2.05, 4.69) is 27.7 Å². The average Bonchev–Trinajstić information content (AvgIpc) is 2.70. The summed E-state index contributed by atoms with van der Waals surface area (Å²) in [5, 5.41) is 6.24. The summed E-state index contributed by atoms with van der Waals surface area (Å²) in [7, 11) is 0. The van der Waals surface area contributed by atoms with Gasteiger partial charge in [0.25, 0.3) is 0 Å². The Hall–Kier alpha value is -2.69. The van der Waals surface area contributed by atoms with Crippen LogP contribution in [0, 0.1) is 0 Å². The number of rotatable bonds is 8. The van der Waals surface area contributed by atoms with Crippen LogP contribution in [-0.2, 0) is 4.79 Å². The van der Waals surface area contributed by atoms with Crippen molar-refractivity contribution in [2.24, 2.45) is 0 Å². The van der Waals surface area contributed by atoms with E-state index in [9.17, 15) is 4.79 Å². The molecule has 5 heteroatoms. The zero-order chi connectivity index (χ0) is 19.8. The van der Waals surface area contributed by atoms with Crippen molar-refractivity contribution >= 4 is 23.0 Å². The molecule has 150 valence electrons. The van der Waals surface area contributed by atoms with Crippen LogP contribution in [0.15, 0.2) is 48.5 Å². The highest BCUT2D eigenvalue weighted by atomic mass is 16.5. The Balaban J connectivity index is 1.40. The maximum Gasteiger partial charge on any atom is 0.226 e. The van der Waals surface area contributed by atoms with Gasteiger partial charge >= 0.3 is 0 Å². The molecule has 5 nitrogen and oxygen atoms in total. The fraction of sp³-hybridized carbons (Fsp3) is 0.435. The molecule has 0 atom stereocenters. The van der Waals surface area contributed by atoms with Crippen LogP contribution in [-0.4, -0.2) is 31.6 Å². The third-order valence-electron chi connectivity index (χ3n) is 4.78. The van der Waals surface area contributed by atoms with Crippen molar-refractivity contribution in [3.8, 4) is 5.75 Å². The monoisotopic (exact) mass is 381 g/mol. The standard InChI is InChI=1S/C23H31N3O2/c1-18(2)28-22-12-8-19(9-13-22)24-15-14-23(27)25-20-6-10-21(11-7-20)26-16-4-3-5-17-26/h6-13,18,24H,3-5,14-17H2,1-2H3,(H,25,27). The maximum atomic E-state index is 12.2. The molecule has 1 aliphatic heterocycles. The van der Waals surface area contributed by atoms with Crippen LogP contribution < -0.4 is 20.3 Å². The largest absolute Gasteiger partial charge is 0.491 e. The molecular formula is C23H31N3O2. The molecule has 0 bridgehead atoms. The van der Waals surface area contributed by atoms with E-state index in [-0.39, 0.29) is 12.0 Å². The van der Waals surface area contributed by atoms with E-state index < -0.39 is 0 Å². The number of benzene rings is 2. The fourth-order valence-corrected chi connectivity index (χ4v) is 3.38. The zero-order valence-corrected chi connectivity index (χ0v) is 16.9. The van der Waals surface area contributed by atoms with Crippen LogP contribution in [0.25, 0.3) is 0 Å². The van der Waals surface area contributed by atoms with Crippen molar-refractivity contribution in [1.82, 2.24) is 0 Å². The van der Waals surface area contributed by atoms with Crippen LogP contribution in [0.2, 0.25) is 0 Å². The van der Waals surface area contributed by atoms with Gasteiger partial charge in [0.1, 0.15) is 5.75 Å². The molecule has 1 heterocycles. The first kappa shape index (κ1) is 20.1. The molecule has 0 unspecified atom stereocenters. The Labute approximate surface area is 168 Å². The summed E-state index contributed by atoms with van der Waals surface area (Å²) in [6.45, 7) is 6.85. The summed E-state index contributed by atoms with van der Waals surface area (Å²) in [4.78, 5) is 14.6. The van der Waals surface area contributed by atoms with E-state index in [0.29, 0.717) is 13.0 Å². The number of hydrogen-bond donors (Lipinski definition) is 2. The van der Waals surface area contributed by atoms with Gasteiger partial charge < -0.3 is 20.3 Å². The molecule has 1 aliphatic rings. The second-order valence-corrected chi connectivity index (χ2v) is 7.51. The zero-order valence-electron chi connectivity index (χ0n) is 16.9. The van der Waals surface area contributed by atoms with E-state index in [1.54, 1.807) is 0 Å². The van der Waals surface area contributed by atoms with Gasteiger partial charge in [0.15, 0.2) is 0 Å². The molecule has 0 radical (unpaired) electrons. The summed E-state index contributed by atoms with van der Waals surface area (Å²) < 4.78 is 5.63. The molecule has 1 amide bonds. The van der Waals surface area contributed by atoms with Gasteiger partial charge in [-0.15, -0.1) is 0 Å². The molecule has 3 rings (SSSR count). The number of carbonyl (C=O) groups excluding carboxylic acids is 1. The highest BCUT2D eigenvalue weighted by molar-refractivity contribution is 5.91. The lowest BCUT2D eigenvalue weighted by Gasteiger charge is -2.28. The van der Waals surface area contributed by atoms with Crippen molar-refractivity contribution in [3.05, 3.63) is 48.5 Å². The predicted molar refractivity (Wildman–Crippen MR) is 116 cm³/mol. The minimum atomic E-state index is 0.0120. The van der Waals surface area contributed by atoms with Gasteiger partial charge in [0.05, 0.1) is 6.10 Å². The number of nitrogens with one attached hydrogen (secondary N) is 2. The lowest BCUT2D eigenvalue weighted by atomic mass is 10.1. The van der Waals surface area contributed by atoms with Crippen LogP contribution in [0.3, 0.4) is 0 Å². The molecule has 0 aromatic heterocycles. The van der Waals surface area contributed by atoms with Gasteiger partial charge in [-0.1, -0.05) is 0 Å². The third-order valence-corrected chi connectivity index (χ3v) is 4.78. The van der Waals surface area contributed by atoms with Gasteiger partial charge in [0, 0.05) is 43.1 Å². The third kappa shape index (κ3) is 6.19. The second kappa shape index (κ2) is 10.0. The molecule has 1 fully saturated rings. The average molecular weight is 382 g/mol. The predicted octanol–water partition coefficient (Wildman–Crippen LogP) is 4.90. The number of ether oxygens (including phenoxy) is 1. The number of hydrogen-bond acceptors (Lipinski definition) is 4. The first-order valence-corrected chi connectivity index (χ1v) is 10.3. The number of carbonyl (C=O) groups is 1. The van der Waals surface area contributed by atoms with Crippen LogP contribution in [0.5, 0.6) is 5.75 Å². The Morgan fingerprint density at radius 3 is 2.25 bits per heavy atom.